The fraction of sp³-hybridized carbons (Fsp3) is 0.556. The molecule has 0 saturated carbocycles. The number of nitrogens with zero attached hydrogens (tertiary/aromatic N) is 2. The molecule has 0 radical (unpaired) electrons. The number of hydrogen-bond donors (Lipinski definition) is 0. The summed E-state index contributed by atoms with van der Waals surface area (Å²) in [6, 6.07) is 1.64. The Bertz CT molecular complexity index is 357. The van der Waals surface area contributed by atoms with Crippen molar-refractivity contribution in [2.24, 2.45) is 0 Å². The van der Waals surface area contributed by atoms with E-state index in [9.17, 15) is 4.79 Å². The van der Waals surface area contributed by atoms with Gasteiger partial charge in [0.1, 0.15) is 5.15 Å². The summed E-state index contributed by atoms with van der Waals surface area (Å²) in [7, 11) is 0. The highest BCUT2D eigenvalue weighted by Gasteiger charge is 2.09. The summed E-state index contributed by atoms with van der Waals surface area (Å²) in [5.74, 6) is 0.186. The molecule has 1 rings (SSSR count). The quantitative estimate of drug-likeness (QED) is 0.733. The first-order valence-corrected chi connectivity index (χ1v) is 4.71. The maximum Gasteiger partial charge on any atom is 0.270 e. The average Bonchev–Trinajstić information content (AvgIpc) is 2.08. The molecule has 3 nitrogen and oxygen atoms in total. The summed E-state index contributed by atoms with van der Waals surface area (Å²) < 4.78 is 1.39. The fourth-order valence-electron chi connectivity index (χ4n) is 1.16. The Morgan fingerprint density at radius 1 is 1.62 bits per heavy atom. The summed E-state index contributed by atoms with van der Waals surface area (Å²) in [4.78, 5) is 11.6. The van der Waals surface area contributed by atoms with E-state index in [1.54, 1.807) is 6.07 Å². The predicted octanol–water partition coefficient (Wildman–Crippen LogP) is 2.04. The van der Waals surface area contributed by atoms with E-state index in [0.29, 0.717) is 11.7 Å². The van der Waals surface area contributed by atoms with Crippen molar-refractivity contribution < 1.29 is 0 Å². The third-order valence-corrected chi connectivity index (χ3v) is 2.08. The van der Waals surface area contributed by atoms with Gasteiger partial charge in [-0.25, -0.2) is 4.68 Å². The molecule has 0 aliphatic carbocycles. The van der Waals surface area contributed by atoms with Crippen LogP contribution in [-0.2, 0) is 6.54 Å². The molecule has 0 spiro atoms. The van der Waals surface area contributed by atoms with Crippen LogP contribution in [0.25, 0.3) is 0 Å². The standard InChI is InChI=1S/C9H13ClN2O/c1-4-12-9(13)7(6(2)3)5-8(10)11-12/h5-6H,4H2,1-3H3. The molecule has 0 saturated heterocycles. The van der Waals surface area contributed by atoms with E-state index in [1.165, 1.54) is 4.68 Å². The Morgan fingerprint density at radius 3 is 2.69 bits per heavy atom. The molecule has 1 heterocycles. The minimum Gasteiger partial charge on any atom is -0.267 e. The van der Waals surface area contributed by atoms with Gasteiger partial charge in [0.05, 0.1) is 0 Å². The minimum atomic E-state index is -0.0399. The maximum absolute atomic E-state index is 11.6. The number of hydrogen-bond acceptors (Lipinski definition) is 2. The molecule has 4 heteroatoms. The lowest BCUT2D eigenvalue weighted by molar-refractivity contribution is 0.600. The SMILES string of the molecule is CCn1nc(Cl)cc(C(C)C)c1=O. The van der Waals surface area contributed by atoms with Gasteiger partial charge < -0.3 is 0 Å². The van der Waals surface area contributed by atoms with Crippen molar-refractivity contribution in [2.45, 2.75) is 33.2 Å². The molecule has 1 aromatic rings. The van der Waals surface area contributed by atoms with Crippen LogP contribution in [0.3, 0.4) is 0 Å². The van der Waals surface area contributed by atoms with E-state index >= 15 is 0 Å². The van der Waals surface area contributed by atoms with Gasteiger partial charge in [-0.3, -0.25) is 4.79 Å². The maximum atomic E-state index is 11.6. The van der Waals surface area contributed by atoms with Gasteiger partial charge in [-0.05, 0) is 18.9 Å². The van der Waals surface area contributed by atoms with Crippen LogP contribution in [0.2, 0.25) is 5.15 Å². The second-order valence-corrected chi connectivity index (χ2v) is 3.59. The smallest absolute Gasteiger partial charge is 0.267 e. The molecule has 0 aromatic carbocycles. The van der Waals surface area contributed by atoms with Gasteiger partial charge in [-0.1, -0.05) is 25.4 Å². The number of aryl methyl sites for hydroxylation is 1. The highest BCUT2D eigenvalue weighted by molar-refractivity contribution is 6.29. The molecule has 0 aliphatic heterocycles. The van der Waals surface area contributed by atoms with Crippen LogP contribution in [0, 0.1) is 0 Å². The van der Waals surface area contributed by atoms with Gasteiger partial charge in [-0.2, -0.15) is 5.10 Å². The van der Waals surface area contributed by atoms with Crippen molar-refractivity contribution in [2.75, 3.05) is 0 Å². The lowest BCUT2D eigenvalue weighted by Gasteiger charge is -2.07. The molecule has 0 bridgehead atoms. The summed E-state index contributed by atoms with van der Waals surface area (Å²) in [6.07, 6.45) is 0. The van der Waals surface area contributed by atoms with E-state index in [0.717, 1.165) is 5.56 Å². The average molecular weight is 201 g/mol. The molecule has 0 fully saturated rings. The zero-order valence-electron chi connectivity index (χ0n) is 8.04. The first kappa shape index (κ1) is 10.3. The van der Waals surface area contributed by atoms with E-state index in [1.807, 2.05) is 20.8 Å². The molecule has 1 aromatic heterocycles. The van der Waals surface area contributed by atoms with Crippen molar-refractivity contribution in [3.8, 4) is 0 Å². The number of aromatic nitrogens is 2. The summed E-state index contributed by atoms with van der Waals surface area (Å²) in [5.41, 5.74) is 0.684. The largest absolute Gasteiger partial charge is 0.270 e. The van der Waals surface area contributed by atoms with Crippen LogP contribution in [0.5, 0.6) is 0 Å². The molecular formula is C9H13ClN2O. The van der Waals surface area contributed by atoms with Crippen LogP contribution in [-0.4, -0.2) is 9.78 Å². The Balaban J connectivity index is 3.36. The van der Waals surface area contributed by atoms with E-state index < -0.39 is 0 Å². The molecule has 13 heavy (non-hydrogen) atoms. The first-order valence-electron chi connectivity index (χ1n) is 4.33. The van der Waals surface area contributed by atoms with Gasteiger partial charge in [-0.15, -0.1) is 0 Å². The zero-order valence-corrected chi connectivity index (χ0v) is 8.80. The van der Waals surface area contributed by atoms with Crippen LogP contribution in [0.15, 0.2) is 10.9 Å². The van der Waals surface area contributed by atoms with Gasteiger partial charge in [0.15, 0.2) is 0 Å². The monoisotopic (exact) mass is 200 g/mol. The Hall–Kier alpha value is -0.830. The number of halogens is 1. The summed E-state index contributed by atoms with van der Waals surface area (Å²) in [5, 5.41) is 4.28. The lowest BCUT2D eigenvalue weighted by Crippen LogP contribution is -2.26. The van der Waals surface area contributed by atoms with Crippen molar-refractivity contribution in [1.29, 1.82) is 0 Å². The first-order chi connectivity index (χ1) is 6.06. The fourth-order valence-corrected chi connectivity index (χ4v) is 1.37. The van der Waals surface area contributed by atoms with Crippen LogP contribution >= 0.6 is 11.6 Å². The zero-order chi connectivity index (χ0) is 10.0. The van der Waals surface area contributed by atoms with E-state index in [4.69, 9.17) is 11.6 Å². The van der Waals surface area contributed by atoms with E-state index in [2.05, 4.69) is 5.10 Å². The van der Waals surface area contributed by atoms with Crippen molar-refractivity contribution >= 4 is 11.6 Å². The van der Waals surface area contributed by atoms with Crippen LogP contribution < -0.4 is 5.56 Å². The van der Waals surface area contributed by atoms with Gasteiger partial charge in [0.25, 0.3) is 5.56 Å². The highest BCUT2D eigenvalue weighted by Crippen LogP contribution is 2.12. The molecule has 0 atom stereocenters. The number of rotatable bonds is 2. The lowest BCUT2D eigenvalue weighted by atomic mass is 10.1. The summed E-state index contributed by atoms with van der Waals surface area (Å²) in [6.45, 7) is 6.36. The Morgan fingerprint density at radius 2 is 2.23 bits per heavy atom. The molecule has 0 N–H and O–H groups in total. The van der Waals surface area contributed by atoms with Crippen molar-refractivity contribution in [3.63, 3.8) is 0 Å². The van der Waals surface area contributed by atoms with Crippen molar-refractivity contribution in [3.05, 3.63) is 27.1 Å². The second-order valence-electron chi connectivity index (χ2n) is 3.20. The molecule has 72 valence electrons. The molecule has 0 amide bonds. The molecule has 0 aliphatic rings. The Labute approximate surface area is 82.3 Å². The topological polar surface area (TPSA) is 34.9 Å². The highest BCUT2D eigenvalue weighted by atomic mass is 35.5. The summed E-state index contributed by atoms with van der Waals surface area (Å²) >= 11 is 5.77. The van der Waals surface area contributed by atoms with Crippen LogP contribution in [0.4, 0.5) is 0 Å². The predicted molar refractivity (Wildman–Crippen MR) is 53.3 cm³/mol. The third-order valence-electron chi connectivity index (χ3n) is 1.89. The molecular weight excluding hydrogens is 188 g/mol. The van der Waals surface area contributed by atoms with E-state index in [-0.39, 0.29) is 11.5 Å². The van der Waals surface area contributed by atoms with Crippen LogP contribution in [0.1, 0.15) is 32.3 Å². The molecule has 0 unspecified atom stereocenters. The van der Waals surface area contributed by atoms with Gasteiger partial charge in [0, 0.05) is 12.1 Å². The van der Waals surface area contributed by atoms with Gasteiger partial charge in [0.2, 0.25) is 0 Å². The normalized spacial score (nSPS) is 10.8. The van der Waals surface area contributed by atoms with Gasteiger partial charge >= 0.3 is 0 Å². The Kier molecular flexibility index (Phi) is 3.09. The second kappa shape index (κ2) is 3.92. The van der Waals surface area contributed by atoms with Crippen molar-refractivity contribution in [1.82, 2.24) is 9.78 Å². The third kappa shape index (κ3) is 2.10. The minimum absolute atomic E-state index is 0.0399.